The Morgan fingerprint density at radius 3 is 2.53 bits per heavy atom. The summed E-state index contributed by atoms with van der Waals surface area (Å²) in [6, 6.07) is 0. The molecule has 0 saturated carbocycles. The standard InChI is InChI=1S/C15H32N2/c1-6-17(11-13(2)3)12-15(4,5)14-8-7-9-16-10-14/h13-14,16H,6-12H2,1-5H3. The minimum atomic E-state index is 0.443. The van der Waals surface area contributed by atoms with Crippen molar-refractivity contribution in [2.24, 2.45) is 17.3 Å². The van der Waals surface area contributed by atoms with Crippen LogP contribution in [0, 0.1) is 17.3 Å². The fraction of sp³-hybridized carbons (Fsp3) is 1.00. The highest BCUT2D eigenvalue weighted by molar-refractivity contribution is 4.85. The highest BCUT2D eigenvalue weighted by atomic mass is 15.1. The molecule has 1 aliphatic heterocycles. The van der Waals surface area contributed by atoms with E-state index in [2.05, 4.69) is 44.8 Å². The maximum Gasteiger partial charge on any atom is 0.00358 e. The molecule has 102 valence electrons. The van der Waals surface area contributed by atoms with Gasteiger partial charge in [0.2, 0.25) is 0 Å². The van der Waals surface area contributed by atoms with Crippen LogP contribution < -0.4 is 5.32 Å². The smallest absolute Gasteiger partial charge is 0.00358 e. The van der Waals surface area contributed by atoms with Crippen molar-refractivity contribution in [2.75, 3.05) is 32.7 Å². The minimum absolute atomic E-state index is 0.443. The molecule has 1 saturated heterocycles. The number of nitrogens with zero attached hydrogens (tertiary/aromatic N) is 1. The molecule has 1 unspecified atom stereocenters. The van der Waals surface area contributed by atoms with Crippen LogP contribution in [0.5, 0.6) is 0 Å². The molecule has 0 aromatic heterocycles. The summed E-state index contributed by atoms with van der Waals surface area (Å²) in [5.41, 5.74) is 0.443. The van der Waals surface area contributed by atoms with Gasteiger partial charge >= 0.3 is 0 Å². The van der Waals surface area contributed by atoms with Gasteiger partial charge in [-0.1, -0.05) is 34.6 Å². The van der Waals surface area contributed by atoms with Gasteiger partial charge in [0.15, 0.2) is 0 Å². The maximum absolute atomic E-state index is 3.55. The zero-order valence-corrected chi connectivity index (χ0v) is 12.6. The Kier molecular flexibility index (Phi) is 5.94. The SMILES string of the molecule is CCN(CC(C)C)CC(C)(C)C1CCCNC1. The fourth-order valence-electron chi connectivity index (χ4n) is 3.05. The second-order valence-electron chi connectivity index (χ2n) is 6.75. The lowest BCUT2D eigenvalue weighted by atomic mass is 9.74. The second-order valence-corrected chi connectivity index (χ2v) is 6.75. The Bertz CT molecular complexity index is 205. The molecule has 0 aromatic carbocycles. The molecule has 0 radical (unpaired) electrons. The van der Waals surface area contributed by atoms with Crippen molar-refractivity contribution < 1.29 is 0 Å². The predicted octanol–water partition coefficient (Wildman–Crippen LogP) is 2.99. The quantitative estimate of drug-likeness (QED) is 0.768. The number of piperidine rings is 1. The van der Waals surface area contributed by atoms with Crippen LogP contribution in [0.4, 0.5) is 0 Å². The Labute approximate surface area is 108 Å². The van der Waals surface area contributed by atoms with E-state index in [9.17, 15) is 0 Å². The molecule has 1 rings (SSSR count). The number of hydrogen-bond acceptors (Lipinski definition) is 2. The number of nitrogens with one attached hydrogen (secondary N) is 1. The van der Waals surface area contributed by atoms with Crippen LogP contribution in [0.3, 0.4) is 0 Å². The molecular weight excluding hydrogens is 208 g/mol. The van der Waals surface area contributed by atoms with Gasteiger partial charge in [-0.2, -0.15) is 0 Å². The van der Waals surface area contributed by atoms with Crippen molar-refractivity contribution in [1.82, 2.24) is 10.2 Å². The summed E-state index contributed by atoms with van der Waals surface area (Å²) in [5, 5.41) is 3.55. The lowest BCUT2D eigenvalue weighted by Gasteiger charge is -2.41. The van der Waals surface area contributed by atoms with E-state index in [1.807, 2.05) is 0 Å². The third-order valence-electron chi connectivity index (χ3n) is 4.10. The summed E-state index contributed by atoms with van der Waals surface area (Å²) in [6.45, 7) is 17.9. The summed E-state index contributed by atoms with van der Waals surface area (Å²) in [5.74, 6) is 1.62. The molecule has 2 nitrogen and oxygen atoms in total. The van der Waals surface area contributed by atoms with Crippen molar-refractivity contribution >= 4 is 0 Å². The van der Waals surface area contributed by atoms with E-state index in [1.165, 1.54) is 45.6 Å². The van der Waals surface area contributed by atoms with Gasteiger partial charge in [-0.05, 0) is 49.7 Å². The zero-order chi connectivity index (χ0) is 12.9. The van der Waals surface area contributed by atoms with E-state index in [4.69, 9.17) is 0 Å². The lowest BCUT2D eigenvalue weighted by molar-refractivity contribution is 0.0965. The topological polar surface area (TPSA) is 15.3 Å². The molecule has 1 atom stereocenters. The molecule has 0 amide bonds. The predicted molar refractivity (Wildman–Crippen MR) is 76.3 cm³/mol. The van der Waals surface area contributed by atoms with Crippen LogP contribution in [-0.4, -0.2) is 37.6 Å². The number of hydrogen-bond donors (Lipinski definition) is 1. The van der Waals surface area contributed by atoms with E-state index >= 15 is 0 Å². The average Bonchev–Trinajstić information content (AvgIpc) is 2.28. The Hall–Kier alpha value is -0.0800. The maximum atomic E-state index is 3.55. The van der Waals surface area contributed by atoms with Crippen LogP contribution in [0.15, 0.2) is 0 Å². The Morgan fingerprint density at radius 2 is 2.06 bits per heavy atom. The average molecular weight is 240 g/mol. The van der Waals surface area contributed by atoms with Gasteiger partial charge in [0.25, 0.3) is 0 Å². The van der Waals surface area contributed by atoms with Crippen molar-refractivity contribution in [1.29, 1.82) is 0 Å². The highest BCUT2D eigenvalue weighted by Crippen LogP contribution is 2.32. The summed E-state index contributed by atoms with van der Waals surface area (Å²) in [6.07, 6.45) is 2.75. The van der Waals surface area contributed by atoms with Crippen LogP contribution in [0.2, 0.25) is 0 Å². The molecule has 0 spiro atoms. The normalized spacial score (nSPS) is 22.4. The largest absolute Gasteiger partial charge is 0.316 e. The first kappa shape index (κ1) is 15.0. The molecule has 2 heteroatoms. The van der Waals surface area contributed by atoms with Crippen LogP contribution in [-0.2, 0) is 0 Å². The summed E-state index contributed by atoms with van der Waals surface area (Å²) >= 11 is 0. The van der Waals surface area contributed by atoms with Crippen molar-refractivity contribution in [3.63, 3.8) is 0 Å². The number of rotatable bonds is 6. The molecule has 0 aliphatic carbocycles. The minimum Gasteiger partial charge on any atom is -0.316 e. The first-order valence-electron chi connectivity index (χ1n) is 7.38. The van der Waals surface area contributed by atoms with Gasteiger partial charge in [0, 0.05) is 13.1 Å². The van der Waals surface area contributed by atoms with E-state index in [-0.39, 0.29) is 0 Å². The van der Waals surface area contributed by atoms with E-state index in [0.29, 0.717) is 5.41 Å². The van der Waals surface area contributed by atoms with Crippen LogP contribution in [0.25, 0.3) is 0 Å². The van der Waals surface area contributed by atoms with Gasteiger partial charge in [-0.25, -0.2) is 0 Å². The van der Waals surface area contributed by atoms with Crippen LogP contribution in [0.1, 0.15) is 47.5 Å². The first-order valence-corrected chi connectivity index (χ1v) is 7.38. The Morgan fingerprint density at radius 1 is 1.35 bits per heavy atom. The molecule has 1 aliphatic rings. The fourth-order valence-corrected chi connectivity index (χ4v) is 3.05. The van der Waals surface area contributed by atoms with E-state index < -0.39 is 0 Å². The molecular formula is C15H32N2. The summed E-state index contributed by atoms with van der Waals surface area (Å²) < 4.78 is 0. The third-order valence-corrected chi connectivity index (χ3v) is 4.10. The van der Waals surface area contributed by atoms with E-state index in [1.54, 1.807) is 0 Å². The van der Waals surface area contributed by atoms with Gasteiger partial charge in [-0.3, -0.25) is 0 Å². The molecule has 1 heterocycles. The van der Waals surface area contributed by atoms with Gasteiger partial charge in [-0.15, -0.1) is 0 Å². The highest BCUT2D eigenvalue weighted by Gasteiger charge is 2.31. The van der Waals surface area contributed by atoms with Crippen molar-refractivity contribution in [2.45, 2.75) is 47.5 Å². The van der Waals surface area contributed by atoms with Crippen molar-refractivity contribution in [3.05, 3.63) is 0 Å². The molecule has 1 fully saturated rings. The van der Waals surface area contributed by atoms with Crippen molar-refractivity contribution in [3.8, 4) is 0 Å². The zero-order valence-electron chi connectivity index (χ0n) is 12.6. The molecule has 0 bridgehead atoms. The third kappa shape index (κ3) is 4.97. The van der Waals surface area contributed by atoms with Gasteiger partial charge in [0.05, 0.1) is 0 Å². The van der Waals surface area contributed by atoms with Crippen LogP contribution >= 0.6 is 0 Å². The van der Waals surface area contributed by atoms with Gasteiger partial charge < -0.3 is 10.2 Å². The second kappa shape index (κ2) is 6.75. The molecule has 0 aromatic rings. The summed E-state index contributed by atoms with van der Waals surface area (Å²) in [4.78, 5) is 2.62. The first-order chi connectivity index (χ1) is 7.95. The monoisotopic (exact) mass is 240 g/mol. The van der Waals surface area contributed by atoms with E-state index in [0.717, 1.165) is 11.8 Å². The molecule has 1 N–H and O–H groups in total. The Balaban J connectivity index is 2.49. The lowest BCUT2D eigenvalue weighted by Crippen LogP contribution is -2.45. The van der Waals surface area contributed by atoms with Gasteiger partial charge in [0.1, 0.15) is 0 Å². The summed E-state index contributed by atoms with van der Waals surface area (Å²) in [7, 11) is 0. The molecule has 17 heavy (non-hydrogen) atoms.